The minimum atomic E-state index is -0.555. The molecule has 2 rings (SSSR count). The molecule has 96 valence electrons. The van der Waals surface area contributed by atoms with Crippen LogP contribution in [0.15, 0.2) is 18.2 Å². The van der Waals surface area contributed by atoms with Gasteiger partial charge in [0, 0.05) is 0 Å². The van der Waals surface area contributed by atoms with E-state index in [0.717, 1.165) is 4.70 Å². The summed E-state index contributed by atoms with van der Waals surface area (Å²) >= 11 is 1.28. The van der Waals surface area contributed by atoms with Gasteiger partial charge in [0.2, 0.25) is 0 Å². The van der Waals surface area contributed by atoms with Crippen LogP contribution in [-0.4, -0.2) is 21.8 Å². The summed E-state index contributed by atoms with van der Waals surface area (Å²) in [6.45, 7) is 5.37. The number of benzene rings is 1. The van der Waals surface area contributed by atoms with Gasteiger partial charge >= 0.3 is 6.09 Å². The highest BCUT2D eigenvalue weighted by atomic mass is 32.1. The summed E-state index contributed by atoms with van der Waals surface area (Å²) in [6, 6.07) is 5.11. The van der Waals surface area contributed by atoms with Gasteiger partial charge in [-0.25, -0.2) is 9.78 Å². The van der Waals surface area contributed by atoms with Crippen LogP contribution in [0.4, 0.5) is 9.93 Å². The number of ether oxygens (including phenoxy) is 1. The van der Waals surface area contributed by atoms with Crippen LogP contribution in [-0.2, 0) is 4.74 Å². The second-order valence-electron chi connectivity index (χ2n) is 4.77. The number of nitrogens with one attached hydrogen (secondary N) is 1. The van der Waals surface area contributed by atoms with Gasteiger partial charge in [0.05, 0.1) is 4.70 Å². The zero-order chi connectivity index (χ0) is 13.3. The molecule has 2 N–H and O–H groups in total. The molecular formula is C12H14N2O3S. The lowest BCUT2D eigenvalue weighted by atomic mass is 10.2. The first-order chi connectivity index (χ1) is 8.35. The maximum absolute atomic E-state index is 11.6. The third-order valence-electron chi connectivity index (χ3n) is 2.01. The lowest BCUT2D eigenvalue weighted by molar-refractivity contribution is 0.0636. The fraction of sp³-hybridized carbons (Fsp3) is 0.333. The van der Waals surface area contributed by atoms with Gasteiger partial charge in [0.25, 0.3) is 0 Å². The van der Waals surface area contributed by atoms with Crippen molar-refractivity contribution >= 4 is 32.8 Å². The maximum atomic E-state index is 11.6. The van der Waals surface area contributed by atoms with Crippen LogP contribution >= 0.6 is 11.3 Å². The number of carbonyl (C=O) groups excluding carboxylic acids is 1. The Morgan fingerprint density at radius 1 is 1.44 bits per heavy atom. The van der Waals surface area contributed by atoms with Crippen molar-refractivity contribution in [3.8, 4) is 5.75 Å². The van der Waals surface area contributed by atoms with E-state index in [1.54, 1.807) is 32.9 Å². The molecule has 0 spiro atoms. The quantitative estimate of drug-likeness (QED) is 0.830. The number of anilines is 1. The summed E-state index contributed by atoms with van der Waals surface area (Å²) in [5.74, 6) is 0.0981. The Bertz CT molecular complexity index is 587. The van der Waals surface area contributed by atoms with Crippen LogP contribution in [0.5, 0.6) is 5.75 Å². The highest BCUT2D eigenvalue weighted by Crippen LogP contribution is 2.31. The Kier molecular flexibility index (Phi) is 3.13. The molecule has 0 aliphatic carbocycles. The van der Waals surface area contributed by atoms with Gasteiger partial charge in [-0.15, -0.1) is 0 Å². The number of hydrogen-bond donors (Lipinski definition) is 2. The van der Waals surface area contributed by atoms with Gasteiger partial charge in [0.15, 0.2) is 5.13 Å². The van der Waals surface area contributed by atoms with Gasteiger partial charge in [-0.05, 0) is 32.9 Å². The molecule has 6 heteroatoms. The Balaban J connectivity index is 2.18. The Labute approximate surface area is 108 Å². The van der Waals surface area contributed by atoms with Crippen molar-refractivity contribution in [1.82, 2.24) is 4.98 Å². The van der Waals surface area contributed by atoms with Crippen molar-refractivity contribution in [2.75, 3.05) is 5.32 Å². The average Bonchev–Trinajstić information content (AvgIpc) is 2.58. The third-order valence-corrected chi connectivity index (χ3v) is 2.94. The van der Waals surface area contributed by atoms with E-state index in [-0.39, 0.29) is 5.75 Å². The van der Waals surface area contributed by atoms with E-state index < -0.39 is 11.7 Å². The van der Waals surface area contributed by atoms with Gasteiger partial charge < -0.3 is 9.84 Å². The molecule has 0 saturated heterocycles. The second-order valence-corrected chi connectivity index (χ2v) is 5.80. The molecule has 1 heterocycles. The average molecular weight is 266 g/mol. The van der Waals surface area contributed by atoms with Gasteiger partial charge in [-0.1, -0.05) is 17.4 Å². The standard InChI is InChI=1S/C12H14N2O3S/c1-12(2,3)17-11(16)14-10-13-9-7(15)5-4-6-8(9)18-10/h4-6,15H,1-3H3,(H,13,14,16). The van der Waals surface area contributed by atoms with E-state index in [4.69, 9.17) is 4.74 Å². The van der Waals surface area contributed by atoms with Crippen molar-refractivity contribution in [3.05, 3.63) is 18.2 Å². The molecule has 0 radical (unpaired) electrons. The molecule has 1 aromatic heterocycles. The molecule has 0 aliphatic rings. The lowest BCUT2D eigenvalue weighted by Crippen LogP contribution is -2.27. The minimum Gasteiger partial charge on any atom is -0.506 e. The van der Waals surface area contributed by atoms with E-state index in [2.05, 4.69) is 10.3 Å². The number of aromatic nitrogens is 1. The van der Waals surface area contributed by atoms with Crippen LogP contribution in [0.2, 0.25) is 0 Å². The molecule has 5 nitrogen and oxygen atoms in total. The van der Waals surface area contributed by atoms with Crippen LogP contribution < -0.4 is 5.32 Å². The number of amides is 1. The number of carbonyl (C=O) groups is 1. The molecular weight excluding hydrogens is 252 g/mol. The van der Waals surface area contributed by atoms with Gasteiger partial charge in [-0.3, -0.25) is 5.32 Å². The summed E-state index contributed by atoms with van der Waals surface area (Å²) in [5.41, 5.74) is -0.0725. The molecule has 0 atom stereocenters. The van der Waals surface area contributed by atoms with Crippen LogP contribution in [0.25, 0.3) is 10.2 Å². The van der Waals surface area contributed by atoms with E-state index in [0.29, 0.717) is 10.6 Å². The number of nitrogens with zero attached hydrogens (tertiary/aromatic N) is 1. The number of aromatic hydroxyl groups is 1. The molecule has 0 aliphatic heterocycles. The predicted molar refractivity (Wildman–Crippen MR) is 71.1 cm³/mol. The smallest absolute Gasteiger partial charge is 0.413 e. The third kappa shape index (κ3) is 2.89. The SMILES string of the molecule is CC(C)(C)OC(=O)Nc1nc2c(O)cccc2s1. The van der Waals surface area contributed by atoms with Crippen molar-refractivity contribution in [2.45, 2.75) is 26.4 Å². The zero-order valence-electron chi connectivity index (χ0n) is 10.4. The monoisotopic (exact) mass is 266 g/mol. The number of rotatable bonds is 1. The molecule has 1 aromatic carbocycles. The molecule has 0 fully saturated rings. The van der Waals surface area contributed by atoms with Crippen LogP contribution in [0.3, 0.4) is 0 Å². The maximum Gasteiger partial charge on any atom is 0.413 e. The van der Waals surface area contributed by atoms with Gasteiger partial charge in [-0.2, -0.15) is 0 Å². The summed E-state index contributed by atoms with van der Waals surface area (Å²) in [5, 5.41) is 12.6. The van der Waals surface area contributed by atoms with Crippen molar-refractivity contribution in [3.63, 3.8) is 0 Å². The fourth-order valence-electron chi connectivity index (χ4n) is 1.38. The molecule has 0 bridgehead atoms. The van der Waals surface area contributed by atoms with Crippen LogP contribution in [0, 0.1) is 0 Å². The van der Waals surface area contributed by atoms with Crippen LogP contribution in [0.1, 0.15) is 20.8 Å². The predicted octanol–water partition coefficient (Wildman–Crippen LogP) is 3.35. The zero-order valence-corrected chi connectivity index (χ0v) is 11.2. The first kappa shape index (κ1) is 12.6. The Hall–Kier alpha value is -1.82. The minimum absolute atomic E-state index is 0.0981. The highest BCUT2D eigenvalue weighted by molar-refractivity contribution is 7.22. The molecule has 0 saturated carbocycles. The summed E-state index contributed by atoms with van der Waals surface area (Å²) in [4.78, 5) is 15.7. The molecule has 0 unspecified atom stereocenters. The van der Waals surface area contributed by atoms with E-state index in [1.165, 1.54) is 11.3 Å². The number of hydrogen-bond acceptors (Lipinski definition) is 5. The number of phenols is 1. The van der Waals surface area contributed by atoms with E-state index in [9.17, 15) is 9.90 Å². The lowest BCUT2D eigenvalue weighted by Gasteiger charge is -2.18. The van der Waals surface area contributed by atoms with E-state index in [1.807, 2.05) is 6.07 Å². The normalized spacial score (nSPS) is 11.5. The fourth-order valence-corrected chi connectivity index (χ4v) is 2.25. The molecule has 2 aromatic rings. The topological polar surface area (TPSA) is 71.5 Å². The number of thiazole rings is 1. The number of para-hydroxylation sites is 1. The number of fused-ring (bicyclic) bond motifs is 1. The van der Waals surface area contributed by atoms with Crippen molar-refractivity contribution < 1.29 is 14.6 Å². The first-order valence-electron chi connectivity index (χ1n) is 5.44. The summed E-state index contributed by atoms with van der Waals surface area (Å²) in [7, 11) is 0. The first-order valence-corrected chi connectivity index (χ1v) is 6.25. The molecule has 18 heavy (non-hydrogen) atoms. The Morgan fingerprint density at radius 2 is 2.17 bits per heavy atom. The van der Waals surface area contributed by atoms with Crippen molar-refractivity contribution in [2.24, 2.45) is 0 Å². The largest absolute Gasteiger partial charge is 0.506 e. The number of phenolic OH excluding ortho intramolecular Hbond substituents is 1. The van der Waals surface area contributed by atoms with Crippen molar-refractivity contribution in [1.29, 1.82) is 0 Å². The Morgan fingerprint density at radius 3 is 2.78 bits per heavy atom. The molecule has 1 amide bonds. The second kappa shape index (κ2) is 4.45. The van der Waals surface area contributed by atoms with E-state index >= 15 is 0 Å². The summed E-state index contributed by atoms with van der Waals surface area (Å²) in [6.07, 6.45) is -0.555. The summed E-state index contributed by atoms with van der Waals surface area (Å²) < 4.78 is 5.93. The highest BCUT2D eigenvalue weighted by Gasteiger charge is 2.17. The van der Waals surface area contributed by atoms with Gasteiger partial charge in [0.1, 0.15) is 16.9 Å².